The van der Waals surface area contributed by atoms with Crippen molar-refractivity contribution in [3.8, 4) is 11.4 Å². The molecule has 170 valence electrons. The molecule has 0 aliphatic rings. The number of nitrogens with zero attached hydrogens (tertiary/aromatic N) is 3. The van der Waals surface area contributed by atoms with Crippen molar-refractivity contribution in [2.24, 2.45) is 0 Å². The van der Waals surface area contributed by atoms with Crippen LogP contribution in [0.25, 0.3) is 5.69 Å². The van der Waals surface area contributed by atoms with Gasteiger partial charge >= 0.3 is 6.18 Å². The molecule has 0 aliphatic heterocycles. The minimum Gasteiger partial charge on any atom is -0.497 e. The predicted octanol–water partition coefficient (Wildman–Crippen LogP) is 4.37. The molecule has 0 saturated heterocycles. The van der Waals surface area contributed by atoms with Crippen LogP contribution in [-0.2, 0) is 16.2 Å². The summed E-state index contributed by atoms with van der Waals surface area (Å²) in [7, 11) is -3.37. The van der Waals surface area contributed by atoms with Gasteiger partial charge < -0.3 is 4.74 Å². The number of methoxy groups -OCH3 is 1. The zero-order valence-electron chi connectivity index (χ0n) is 15.6. The lowest BCUT2D eigenvalue weighted by molar-refractivity contribution is -0.143. The van der Waals surface area contributed by atoms with Gasteiger partial charge in [-0.25, -0.2) is 17.8 Å². The molecule has 32 heavy (non-hydrogen) atoms. The second kappa shape index (κ2) is 8.77. The number of nitrogens with one attached hydrogen (secondary N) is 1. The molecular formula is C17H10Cl3F3N4O4S. The van der Waals surface area contributed by atoms with E-state index in [1.54, 1.807) is 0 Å². The number of benzene rings is 2. The molecule has 3 aromatic rings. The Morgan fingerprint density at radius 1 is 1.09 bits per heavy atom. The van der Waals surface area contributed by atoms with Crippen LogP contribution in [0, 0.1) is 0 Å². The molecule has 0 fully saturated rings. The number of hydrogen-bond acceptors (Lipinski definition) is 6. The third-order valence-electron chi connectivity index (χ3n) is 3.95. The van der Waals surface area contributed by atoms with Crippen LogP contribution in [0.3, 0.4) is 0 Å². The maximum atomic E-state index is 13.8. The zero-order valence-corrected chi connectivity index (χ0v) is 18.7. The first-order valence-corrected chi connectivity index (χ1v) is 10.9. The summed E-state index contributed by atoms with van der Waals surface area (Å²) < 4.78 is 73.1. The SMILES string of the molecule is COc1ccc(-n2nnc(C(=O)NS(=O)(=O)c3cc(Cl)ccc3Cl)c2C(F)(F)F)c(Cl)c1. The number of amides is 1. The summed E-state index contributed by atoms with van der Waals surface area (Å²) in [6, 6.07) is 7.06. The number of halogens is 6. The van der Waals surface area contributed by atoms with Gasteiger partial charge in [0.25, 0.3) is 15.9 Å². The minimum absolute atomic E-state index is 0.0294. The second-order valence-corrected chi connectivity index (χ2v) is 8.92. The molecule has 15 heteroatoms. The van der Waals surface area contributed by atoms with Crippen molar-refractivity contribution in [2.45, 2.75) is 11.1 Å². The summed E-state index contributed by atoms with van der Waals surface area (Å²) in [6.45, 7) is 0. The fourth-order valence-electron chi connectivity index (χ4n) is 2.55. The highest BCUT2D eigenvalue weighted by Crippen LogP contribution is 2.35. The van der Waals surface area contributed by atoms with Gasteiger partial charge in [0.05, 0.1) is 22.8 Å². The Hall–Kier alpha value is -2.54. The Bertz CT molecular complexity index is 1310. The van der Waals surface area contributed by atoms with Gasteiger partial charge in [-0.3, -0.25) is 4.79 Å². The largest absolute Gasteiger partial charge is 0.497 e. The first-order valence-electron chi connectivity index (χ1n) is 8.24. The van der Waals surface area contributed by atoms with Crippen LogP contribution in [0.4, 0.5) is 13.2 Å². The van der Waals surface area contributed by atoms with E-state index in [4.69, 9.17) is 39.5 Å². The van der Waals surface area contributed by atoms with E-state index in [0.29, 0.717) is 0 Å². The molecule has 0 saturated carbocycles. The van der Waals surface area contributed by atoms with Crippen molar-refractivity contribution >= 4 is 50.7 Å². The third kappa shape index (κ3) is 4.77. The van der Waals surface area contributed by atoms with Gasteiger partial charge in [-0.1, -0.05) is 40.0 Å². The number of aromatic nitrogens is 3. The Morgan fingerprint density at radius 3 is 2.38 bits per heavy atom. The van der Waals surface area contributed by atoms with Gasteiger partial charge in [0.1, 0.15) is 10.6 Å². The monoisotopic (exact) mass is 528 g/mol. The molecule has 0 aliphatic carbocycles. The molecule has 1 N–H and O–H groups in total. The van der Waals surface area contributed by atoms with Crippen molar-refractivity contribution in [2.75, 3.05) is 7.11 Å². The molecular weight excluding hydrogens is 520 g/mol. The standard InChI is InChI=1S/C17H10Cl3F3N4O4S/c1-31-9-3-5-12(11(20)7-9)27-15(17(21,22)23)14(24-26-27)16(28)25-32(29,30)13-6-8(18)2-4-10(13)19/h2-7H,1H3,(H,25,28). The van der Waals surface area contributed by atoms with Crippen LogP contribution in [0.15, 0.2) is 41.3 Å². The minimum atomic E-state index is -5.16. The van der Waals surface area contributed by atoms with Gasteiger partial charge in [-0.2, -0.15) is 13.2 Å². The number of rotatable bonds is 5. The van der Waals surface area contributed by atoms with E-state index in [-0.39, 0.29) is 31.2 Å². The number of alkyl halides is 3. The highest BCUT2D eigenvalue weighted by atomic mass is 35.5. The molecule has 3 rings (SSSR count). The van der Waals surface area contributed by atoms with Gasteiger partial charge in [0.2, 0.25) is 0 Å². The summed E-state index contributed by atoms with van der Waals surface area (Å²) in [5.74, 6) is -1.43. The molecule has 0 radical (unpaired) electrons. The maximum absolute atomic E-state index is 13.8. The van der Waals surface area contributed by atoms with Crippen LogP contribution in [0.5, 0.6) is 5.75 Å². The van der Waals surface area contributed by atoms with Crippen molar-refractivity contribution in [1.29, 1.82) is 0 Å². The van der Waals surface area contributed by atoms with E-state index in [1.165, 1.54) is 30.0 Å². The van der Waals surface area contributed by atoms with E-state index in [1.807, 2.05) is 0 Å². The summed E-state index contributed by atoms with van der Waals surface area (Å²) in [5, 5.41) is 6.05. The molecule has 0 atom stereocenters. The van der Waals surface area contributed by atoms with Crippen LogP contribution in [0.1, 0.15) is 16.2 Å². The van der Waals surface area contributed by atoms with Crippen LogP contribution >= 0.6 is 34.8 Å². The predicted molar refractivity (Wildman–Crippen MR) is 109 cm³/mol. The molecule has 0 unspecified atom stereocenters. The average Bonchev–Trinajstić information content (AvgIpc) is 3.15. The fraction of sp³-hybridized carbons (Fsp3) is 0.118. The van der Waals surface area contributed by atoms with Crippen LogP contribution in [-0.4, -0.2) is 36.4 Å². The summed E-state index contributed by atoms with van der Waals surface area (Å²) >= 11 is 17.6. The lowest BCUT2D eigenvalue weighted by Gasteiger charge is -2.13. The Kier molecular flexibility index (Phi) is 6.61. The summed E-state index contributed by atoms with van der Waals surface area (Å²) in [5.41, 5.74) is -3.22. The molecule has 1 aromatic heterocycles. The number of carbonyl (C=O) groups is 1. The molecule has 2 aromatic carbocycles. The zero-order chi connectivity index (χ0) is 23.8. The first-order chi connectivity index (χ1) is 14.8. The molecule has 8 nitrogen and oxygen atoms in total. The van der Waals surface area contributed by atoms with E-state index in [0.717, 1.165) is 18.2 Å². The lowest BCUT2D eigenvalue weighted by atomic mass is 10.2. The summed E-state index contributed by atoms with van der Waals surface area (Å²) in [4.78, 5) is 11.9. The molecule has 1 amide bonds. The van der Waals surface area contributed by atoms with Crippen molar-refractivity contribution in [3.63, 3.8) is 0 Å². The topological polar surface area (TPSA) is 103 Å². The summed E-state index contributed by atoms with van der Waals surface area (Å²) in [6.07, 6.45) is -5.16. The average molecular weight is 530 g/mol. The van der Waals surface area contributed by atoms with E-state index in [9.17, 15) is 26.4 Å². The highest BCUT2D eigenvalue weighted by molar-refractivity contribution is 7.90. The highest BCUT2D eigenvalue weighted by Gasteiger charge is 2.43. The smallest absolute Gasteiger partial charge is 0.435 e. The third-order valence-corrected chi connectivity index (χ3v) is 6.30. The number of hydrogen-bond donors (Lipinski definition) is 1. The number of sulfonamides is 1. The molecule has 1 heterocycles. The normalized spacial score (nSPS) is 12.0. The fourth-order valence-corrected chi connectivity index (χ4v) is 4.52. The number of carbonyl (C=O) groups excluding carboxylic acids is 1. The first kappa shape index (κ1) is 24.1. The maximum Gasteiger partial charge on any atom is 0.435 e. The van der Waals surface area contributed by atoms with E-state index >= 15 is 0 Å². The van der Waals surface area contributed by atoms with Crippen LogP contribution in [0.2, 0.25) is 15.1 Å². The van der Waals surface area contributed by atoms with E-state index in [2.05, 4.69) is 10.3 Å². The van der Waals surface area contributed by atoms with Crippen LogP contribution < -0.4 is 9.46 Å². The van der Waals surface area contributed by atoms with Gasteiger partial charge in [0, 0.05) is 11.1 Å². The Morgan fingerprint density at radius 2 is 1.78 bits per heavy atom. The van der Waals surface area contributed by atoms with Crippen molar-refractivity contribution < 1.29 is 31.1 Å². The van der Waals surface area contributed by atoms with Gasteiger partial charge in [-0.15, -0.1) is 5.10 Å². The lowest BCUT2D eigenvalue weighted by Crippen LogP contribution is -2.33. The van der Waals surface area contributed by atoms with Crippen molar-refractivity contribution in [3.05, 3.63) is 62.9 Å². The van der Waals surface area contributed by atoms with Gasteiger partial charge in [0.15, 0.2) is 11.4 Å². The van der Waals surface area contributed by atoms with Gasteiger partial charge in [-0.05, 0) is 30.3 Å². The second-order valence-electron chi connectivity index (χ2n) is 6.02. The molecule has 0 bridgehead atoms. The van der Waals surface area contributed by atoms with E-state index < -0.39 is 38.4 Å². The Labute approximate surface area is 193 Å². The quantitative estimate of drug-likeness (QED) is 0.526. The Balaban J connectivity index is 2.07. The molecule has 0 spiro atoms. The van der Waals surface area contributed by atoms with Crippen molar-refractivity contribution in [1.82, 2.24) is 19.7 Å². The number of ether oxygens (including phenoxy) is 1.